The Morgan fingerprint density at radius 3 is 2.34 bits per heavy atom. The third-order valence-electron chi connectivity index (χ3n) is 7.68. The quantitative estimate of drug-likeness (QED) is 0.229. The molecule has 1 aliphatic rings. The Morgan fingerprint density at radius 1 is 1.13 bits per heavy atom. The highest BCUT2D eigenvalue weighted by molar-refractivity contribution is 7.80. The van der Waals surface area contributed by atoms with Crippen LogP contribution < -0.4 is 21.7 Å². The minimum atomic E-state index is -1.39. The van der Waals surface area contributed by atoms with E-state index < -0.39 is 35.5 Å². The third kappa shape index (κ3) is 6.18. The number of hydrogen-bond acceptors (Lipinski definition) is 4. The molecule has 3 rings (SSSR count). The summed E-state index contributed by atoms with van der Waals surface area (Å²) in [4.78, 5) is 42.6. The van der Waals surface area contributed by atoms with Gasteiger partial charge in [-0.2, -0.15) is 0 Å². The molecule has 0 saturated carbocycles. The third-order valence-corrected chi connectivity index (χ3v) is 8.45. The number of benzene rings is 1. The number of nitrogens with two attached hydrogens (primary N) is 1. The zero-order valence-corrected chi connectivity index (χ0v) is 24.2. The van der Waals surface area contributed by atoms with E-state index >= 15 is 0 Å². The molecule has 5 atom stereocenters. The maximum atomic E-state index is 14.0. The highest BCUT2D eigenvalue weighted by atomic mass is 35.5. The summed E-state index contributed by atoms with van der Waals surface area (Å²) in [7, 11) is 0. The molecule has 1 aliphatic carbocycles. The van der Waals surface area contributed by atoms with Gasteiger partial charge < -0.3 is 31.8 Å². The van der Waals surface area contributed by atoms with E-state index in [1.165, 1.54) is 0 Å². The molecule has 0 bridgehead atoms. The van der Waals surface area contributed by atoms with Crippen LogP contribution in [0.15, 0.2) is 12.1 Å². The molecular weight excluding hydrogens is 549 g/mol. The first-order valence-electron chi connectivity index (χ1n) is 12.7. The molecule has 2 aromatic rings. The van der Waals surface area contributed by atoms with Gasteiger partial charge in [-0.3, -0.25) is 9.59 Å². The molecule has 38 heavy (non-hydrogen) atoms. The van der Waals surface area contributed by atoms with Crippen molar-refractivity contribution < 1.29 is 19.5 Å². The Morgan fingerprint density at radius 2 is 1.76 bits per heavy atom. The topological polar surface area (TPSA) is 149 Å². The van der Waals surface area contributed by atoms with Crippen LogP contribution in [0, 0.1) is 11.8 Å². The first-order valence-corrected chi connectivity index (χ1v) is 13.9. The highest BCUT2D eigenvalue weighted by Gasteiger charge is 2.46. The van der Waals surface area contributed by atoms with Crippen molar-refractivity contribution in [2.24, 2.45) is 17.6 Å². The number of carboxylic acid groups (broad SMARTS) is 1. The molecule has 3 amide bonds. The smallest absolute Gasteiger partial charge is 0.405 e. The molecule has 1 aromatic heterocycles. The SMILES string of the molecule is CCC(C)C(NC(=O)O)C(=O)N[C@]1(C(=O)NC(C(N)=S)[C@@H](C)CC)CCc2[nH]c3c(Cl)cc(Cl)cc3c2C1. The molecule has 0 fully saturated rings. The lowest BCUT2D eigenvalue weighted by molar-refractivity contribution is -0.136. The highest BCUT2D eigenvalue weighted by Crippen LogP contribution is 2.38. The average molecular weight is 585 g/mol. The lowest BCUT2D eigenvalue weighted by Crippen LogP contribution is -2.67. The van der Waals surface area contributed by atoms with Crippen LogP contribution in [0.25, 0.3) is 10.9 Å². The van der Waals surface area contributed by atoms with Crippen molar-refractivity contribution >= 4 is 69.2 Å². The maximum absolute atomic E-state index is 14.0. The Labute approximate surface area is 237 Å². The molecule has 1 aromatic carbocycles. The van der Waals surface area contributed by atoms with Gasteiger partial charge in [-0.15, -0.1) is 0 Å². The number of aromatic nitrogens is 1. The average Bonchev–Trinajstić information content (AvgIpc) is 3.22. The van der Waals surface area contributed by atoms with Gasteiger partial charge in [-0.25, -0.2) is 4.79 Å². The minimum Gasteiger partial charge on any atom is -0.465 e. The summed E-state index contributed by atoms with van der Waals surface area (Å²) in [6.45, 7) is 7.55. The summed E-state index contributed by atoms with van der Waals surface area (Å²) in [6.07, 6.45) is 0.804. The van der Waals surface area contributed by atoms with Gasteiger partial charge in [0.05, 0.1) is 21.6 Å². The van der Waals surface area contributed by atoms with E-state index in [1.54, 1.807) is 19.1 Å². The second kappa shape index (κ2) is 12.1. The molecule has 0 spiro atoms. The normalized spacial score (nSPS) is 20.1. The number of halogens is 2. The summed E-state index contributed by atoms with van der Waals surface area (Å²) < 4.78 is 0. The van der Waals surface area contributed by atoms with Crippen LogP contribution in [0.5, 0.6) is 0 Å². The number of carbonyl (C=O) groups is 3. The van der Waals surface area contributed by atoms with Gasteiger partial charge >= 0.3 is 6.09 Å². The number of hydrogen-bond donors (Lipinski definition) is 6. The molecule has 3 unspecified atom stereocenters. The van der Waals surface area contributed by atoms with Gasteiger partial charge in [0.15, 0.2) is 0 Å². The van der Waals surface area contributed by atoms with Crippen molar-refractivity contribution in [1.82, 2.24) is 20.9 Å². The van der Waals surface area contributed by atoms with E-state index in [-0.39, 0.29) is 29.7 Å². The van der Waals surface area contributed by atoms with Gasteiger partial charge in [-0.1, -0.05) is 76.0 Å². The molecule has 12 heteroatoms. The van der Waals surface area contributed by atoms with E-state index in [0.29, 0.717) is 28.4 Å². The molecule has 0 radical (unpaired) electrons. The molecule has 9 nitrogen and oxygen atoms in total. The Kier molecular flexibility index (Phi) is 9.54. The second-order valence-corrected chi connectivity index (χ2v) is 11.5. The summed E-state index contributed by atoms with van der Waals surface area (Å²) in [5.74, 6) is -1.35. The van der Waals surface area contributed by atoms with Crippen molar-refractivity contribution in [2.75, 3.05) is 0 Å². The van der Waals surface area contributed by atoms with E-state index in [2.05, 4.69) is 20.9 Å². The Balaban J connectivity index is 2.08. The molecular formula is C26H35Cl2N5O4S. The van der Waals surface area contributed by atoms with Crippen molar-refractivity contribution in [3.05, 3.63) is 33.4 Å². The predicted octanol–water partition coefficient (Wildman–Crippen LogP) is 4.32. The number of nitrogens with one attached hydrogen (secondary N) is 4. The first-order chi connectivity index (χ1) is 17.8. The zero-order valence-electron chi connectivity index (χ0n) is 21.9. The number of aromatic amines is 1. The van der Waals surface area contributed by atoms with Crippen LogP contribution in [-0.4, -0.2) is 50.6 Å². The Hall–Kier alpha value is -2.56. The van der Waals surface area contributed by atoms with Gasteiger partial charge in [0, 0.05) is 22.5 Å². The Bertz CT molecular complexity index is 1250. The predicted molar refractivity (Wildman–Crippen MR) is 154 cm³/mol. The zero-order chi connectivity index (χ0) is 28.4. The summed E-state index contributed by atoms with van der Waals surface area (Å²) >= 11 is 18.0. The lowest BCUT2D eigenvalue weighted by Gasteiger charge is -2.39. The number of aryl methyl sites for hydroxylation is 1. The van der Waals surface area contributed by atoms with Crippen molar-refractivity contribution in [3.8, 4) is 0 Å². The van der Waals surface area contributed by atoms with Crippen molar-refractivity contribution in [3.63, 3.8) is 0 Å². The van der Waals surface area contributed by atoms with Crippen LogP contribution in [-0.2, 0) is 22.4 Å². The van der Waals surface area contributed by atoms with Crippen LogP contribution in [0.3, 0.4) is 0 Å². The van der Waals surface area contributed by atoms with E-state index in [1.807, 2.05) is 20.8 Å². The molecule has 0 aliphatic heterocycles. The summed E-state index contributed by atoms with van der Waals surface area (Å²) in [5.41, 5.74) is 7.01. The monoisotopic (exact) mass is 583 g/mol. The van der Waals surface area contributed by atoms with Crippen LogP contribution in [0.4, 0.5) is 4.79 Å². The minimum absolute atomic E-state index is 0.0319. The fourth-order valence-corrected chi connectivity index (χ4v) is 5.82. The maximum Gasteiger partial charge on any atom is 0.405 e. The number of H-pyrrole nitrogens is 1. The van der Waals surface area contributed by atoms with Crippen molar-refractivity contribution in [2.45, 2.75) is 77.4 Å². The van der Waals surface area contributed by atoms with Gasteiger partial charge in [0.2, 0.25) is 11.8 Å². The molecule has 1 heterocycles. The number of carbonyl (C=O) groups excluding carboxylic acids is 2. The second-order valence-electron chi connectivity index (χ2n) is 10.2. The number of amides is 3. The van der Waals surface area contributed by atoms with Crippen LogP contribution >= 0.6 is 35.4 Å². The van der Waals surface area contributed by atoms with Gasteiger partial charge in [-0.05, 0) is 42.4 Å². The standard InChI is InChI=1S/C26H35Cl2N5O4S/c1-5-12(3)19(22(29)38)31-24(35)26(33-23(34)20(13(4)6-2)32-25(36)37)8-7-18-16(11-26)15-9-14(27)10-17(28)21(15)30-18/h9-10,12-13,19-20,30,32H,5-8,11H2,1-4H3,(H2,29,38)(H,31,35)(H,33,34)(H,36,37)/t12-,13?,19?,20?,26+/m0/s1. The number of rotatable bonds is 10. The first kappa shape index (κ1) is 30.0. The number of thiocarbonyl (C=S) groups is 1. The van der Waals surface area contributed by atoms with Crippen LogP contribution in [0.1, 0.15) is 58.2 Å². The lowest BCUT2D eigenvalue weighted by atomic mass is 9.78. The van der Waals surface area contributed by atoms with E-state index in [4.69, 9.17) is 41.2 Å². The largest absolute Gasteiger partial charge is 0.465 e. The van der Waals surface area contributed by atoms with Crippen LogP contribution in [0.2, 0.25) is 10.0 Å². The van der Waals surface area contributed by atoms with Gasteiger partial charge in [0.25, 0.3) is 0 Å². The fraction of sp³-hybridized carbons (Fsp3) is 0.538. The summed E-state index contributed by atoms with van der Waals surface area (Å²) in [6, 6.07) is 1.80. The molecule has 208 valence electrons. The molecule has 7 N–H and O–H groups in total. The van der Waals surface area contributed by atoms with E-state index in [9.17, 15) is 19.5 Å². The molecule has 0 saturated heterocycles. The fourth-order valence-electron chi connectivity index (χ4n) is 4.99. The summed E-state index contributed by atoms with van der Waals surface area (Å²) in [5, 5.41) is 19.3. The van der Waals surface area contributed by atoms with E-state index in [0.717, 1.165) is 23.1 Å². The number of fused-ring (bicyclic) bond motifs is 3. The van der Waals surface area contributed by atoms with Crippen molar-refractivity contribution in [1.29, 1.82) is 0 Å². The van der Waals surface area contributed by atoms with Gasteiger partial charge in [0.1, 0.15) is 11.6 Å².